The Morgan fingerprint density at radius 1 is 1.11 bits per heavy atom. The first-order valence-electron chi connectivity index (χ1n) is 12.6. The lowest BCUT2D eigenvalue weighted by Crippen LogP contribution is -2.53. The number of carbonyl (C=O) groups excluding carboxylic acids is 3. The number of aryl methyl sites for hydroxylation is 1. The highest BCUT2D eigenvalue weighted by molar-refractivity contribution is 7.98. The Bertz CT molecular complexity index is 838. The van der Waals surface area contributed by atoms with Crippen molar-refractivity contribution in [3.05, 3.63) is 34.9 Å². The molecule has 1 aromatic rings. The fourth-order valence-electron chi connectivity index (χ4n) is 3.76. The van der Waals surface area contributed by atoms with Crippen LogP contribution in [0, 0.1) is 13.8 Å². The Kier molecular flexibility index (Phi) is 13.2. The standard InChI is InChI=1S/C27H45N3O4S/c1-9-11-16-28-24(31)23(21-14-12-13-19(3)20(21)4)30(17-10-2)25(32)22(15-18-35-8)29-26(33)34-27(5,6)7/h12-14,22-23H,9-11,15-18H2,1-8H3,(H,28,31)(H,29,33). The first-order chi connectivity index (χ1) is 16.5. The average Bonchev–Trinajstić information content (AvgIpc) is 2.77. The molecule has 2 unspecified atom stereocenters. The number of unbranched alkanes of at least 4 members (excludes halogenated alkanes) is 1. The number of alkyl carbamates (subject to hydrolysis) is 1. The average molecular weight is 508 g/mol. The number of ether oxygens (including phenoxy) is 1. The highest BCUT2D eigenvalue weighted by Gasteiger charge is 2.36. The molecule has 0 spiro atoms. The summed E-state index contributed by atoms with van der Waals surface area (Å²) in [6, 6.07) is 4.27. The number of hydrogen-bond acceptors (Lipinski definition) is 5. The molecule has 1 rings (SSSR count). The van der Waals surface area contributed by atoms with E-state index in [1.807, 2.05) is 45.2 Å². The van der Waals surface area contributed by atoms with Gasteiger partial charge in [-0.3, -0.25) is 9.59 Å². The van der Waals surface area contributed by atoms with Crippen LogP contribution in [0.15, 0.2) is 18.2 Å². The summed E-state index contributed by atoms with van der Waals surface area (Å²) in [5.74, 6) is 0.210. The minimum absolute atomic E-state index is 0.199. The van der Waals surface area contributed by atoms with Crippen LogP contribution in [0.25, 0.3) is 0 Å². The first-order valence-corrected chi connectivity index (χ1v) is 14.0. The zero-order chi connectivity index (χ0) is 26.6. The number of amides is 3. The normalized spacial score (nSPS) is 13.0. The predicted molar refractivity (Wildman–Crippen MR) is 145 cm³/mol. The topological polar surface area (TPSA) is 87.7 Å². The van der Waals surface area contributed by atoms with Gasteiger partial charge in [0.2, 0.25) is 11.8 Å². The summed E-state index contributed by atoms with van der Waals surface area (Å²) in [4.78, 5) is 41.7. The van der Waals surface area contributed by atoms with E-state index in [1.54, 1.807) is 37.4 Å². The van der Waals surface area contributed by atoms with E-state index < -0.39 is 23.8 Å². The van der Waals surface area contributed by atoms with Crippen molar-refractivity contribution in [2.24, 2.45) is 0 Å². The number of carbonyl (C=O) groups is 3. The van der Waals surface area contributed by atoms with Crippen LogP contribution in [0.5, 0.6) is 0 Å². The quantitative estimate of drug-likeness (QED) is 0.361. The Labute approximate surface area is 216 Å². The minimum atomic E-state index is -0.792. The van der Waals surface area contributed by atoms with Crippen molar-refractivity contribution in [2.75, 3.05) is 25.1 Å². The molecule has 198 valence electrons. The van der Waals surface area contributed by atoms with Gasteiger partial charge in [-0.2, -0.15) is 11.8 Å². The zero-order valence-corrected chi connectivity index (χ0v) is 23.6. The molecular weight excluding hydrogens is 462 g/mol. The first kappa shape index (κ1) is 30.8. The Hall–Kier alpha value is -2.22. The molecule has 0 aliphatic rings. The van der Waals surface area contributed by atoms with Gasteiger partial charge in [-0.25, -0.2) is 4.79 Å². The summed E-state index contributed by atoms with van der Waals surface area (Å²) >= 11 is 1.60. The molecule has 0 radical (unpaired) electrons. The monoisotopic (exact) mass is 507 g/mol. The number of nitrogens with one attached hydrogen (secondary N) is 2. The van der Waals surface area contributed by atoms with Gasteiger partial charge in [-0.15, -0.1) is 0 Å². The molecule has 3 amide bonds. The molecule has 35 heavy (non-hydrogen) atoms. The van der Waals surface area contributed by atoms with Gasteiger partial charge in [0, 0.05) is 13.1 Å². The van der Waals surface area contributed by atoms with Crippen molar-refractivity contribution in [2.45, 2.75) is 91.8 Å². The van der Waals surface area contributed by atoms with Crippen molar-refractivity contribution in [3.63, 3.8) is 0 Å². The van der Waals surface area contributed by atoms with Gasteiger partial charge in [0.1, 0.15) is 17.7 Å². The molecule has 2 N–H and O–H groups in total. The molecule has 0 aliphatic carbocycles. The molecule has 7 nitrogen and oxygen atoms in total. The van der Waals surface area contributed by atoms with Gasteiger partial charge in [0.25, 0.3) is 0 Å². The summed E-state index contributed by atoms with van der Waals surface area (Å²) in [7, 11) is 0. The van der Waals surface area contributed by atoms with Crippen molar-refractivity contribution in [3.8, 4) is 0 Å². The van der Waals surface area contributed by atoms with Crippen LogP contribution >= 0.6 is 11.8 Å². The largest absolute Gasteiger partial charge is 0.444 e. The van der Waals surface area contributed by atoms with Crippen molar-refractivity contribution in [1.29, 1.82) is 0 Å². The molecule has 0 aliphatic heterocycles. The molecule has 0 bridgehead atoms. The van der Waals surface area contributed by atoms with Crippen LogP contribution < -0.4 is 10.6 Å². The molecule has 2 atom stereocenters. The molecule has 8 heteroatoms. The summed E-state index contributed by atoms with van der Waals surface area (Å²) in [5, 5.41) is 5.80. The van der Waals surface area contributed by atoms with Crippen LogP contribution in [-0.2, 0) is 14.3 Å². The summed E-state index contributed by atoms with van der Waals surface area (Å²) < 4.78 is 5.42. The predicted octanol–water partition coefficient (Wildman–Crippen LogP) is 5.15. The Morgan fingerprint density at radius 3 is 2.37 bits per heavy atom. The second-order valence-electron chi connectivity index (χ2n) is 9.85. The van der Waals surface area contributed by atoms with E-state index >= 15 is 0 Å². The van der Waals surface area contributed by atoms with Crippen LogP contribution in [0.4, 0.5) is 4.79 Å². The second kappa shape index (κ2) is 15.0. The second-order valence-corrected chi connectivity index (χ2v) is 10.8. The van der Waals surface area contributed by atoms with E-state index in [0.29, 0.717) is 31.7 Å². The van der Waals surface area contributed by atoms with Crippen LogP contribution in [0.3, 0.4) is 0 Å². The SMILES string of the molecule is CCCCNC(=O)C(c1cccc(C)c1C)N(CCC)C(=O)C(CCSC)NC(=O)OC(C)(C)C. The number of nitrogens with zero attached hydrogens (tertiary/aromatic N) is 1. The van der Waals surface area contributed by atoms with E-state index in [1.165, 1.54) is 0 Å². The van der Waals surface area contributed by atoms with Crippen LogP contribution in [-0.4, -0.2) is 59.5 Å². The Morgan fingerprint density at radius 2 is 1.80 bits per heavy atom. The molecule has 0 heterocycles. The summed E-state index contributed by atoms with van der Waals surface area (Å²) in [6.45, 7) is 14.3. The molecule has 0 saturated carbocycles. The number of hydrogen-bond donors (Lipinski definition) is 2. The van der Waals surface area contributed by atoms with E-state index in [2.05, 4.69) is 17.6 Å². The smallest absolute Gasteiger partial charge is 0.408 e. The van der Waals surface area contributed by atoms with E-state index in [9.17, 15) is 14.4 Å². The molecule has 1 aromatic carbocycles. The number of benzene rings is 1. The number of thioether (sulfide) groups is 1. The van der Waals surface area contributed by atoms with Gasteiger partial charge in [-0.1, -0.05) is 38.5 Å². The minimum Gasteiger partial charge on any atom is -0.444 e. The lowest BCUT2D eigenvalue weighted by molar-refractivity contribution is -0.142. The van der Waals surface area contributed by atoms with Crippen molar-refractivity contribution >= 4 is 29.7 Å². The molecule has 0 aromatic heterocycles. The van der Waals surface area contributed by atoms with Gasteiger partial charge in [0.05, 0.1) is 0 Å². The highest BCUT2D eigenvalue weighted by atomic mass is 32.2. The van der Waals surface area contributed by atoms with Gasteiger partial charge >= 0.3 is 6.09 Å². The van der Waals surface area contributed by atoms with Crippen molar-refractivity contribution in [1.82, 2.24) is 15.5 Å². The molecule has 0 saturated heterocycles. The van der Waals surface area contributed by atoms with Crippen molar-refractivity contribution < 1.29 is 19.1 Å². The lowest BCUT2D eigenvalue weighted by Gasteiger charge is -2.35. The van der Waals surface area contributed by atoms with Gasteiger partial charge in [-0.05, 0) is 82.6 Å². The maximum absolute atomic E-state index is 14.0. The Balaban J connectivity index is 3.43. The number of rotatable bonds is 13. The van der Waals surface area contributed by atoms with E-state index in [0.717, 1.165) is 29.5 Å². The van der Waals surface area contributed by atoms with Crippen LogP contribution in [0.1, 0.15) is 83.0 Å². The maximum Gasteiger partial charge on any atom is 0.408 e. The highest BCUT2D eigenvalue weighted by Crippen LogP contribution is 2.28. The van der Waals surface area contributed by atoms with E-state index in [-0.39, 0.29) is 11.8 Å². The zero-order valence-electron chi connectivity index (χ0n) is 22.8. The van der Waals surface area contributed by atoms with Gasteiger partial charge < -0.3 is 20.3 Å². The third kappa shape index (κ3) is 10.1. The third-order valence-electron chi connectivity index (χ3n) is 5.68. The van der Waals surface area contributed by atoms with E-state index in [4.69, 9.17) is 4.74 Å². The fourth-order valence-corrected chi connectivity index (χ4v) is 4.23. The fraction of sp³-hybridized carbons (Fsp3) is 0.667. The molecule has 0 fully saturated rings. The third-order valence-corrected chi connectivity index (χ3v) is 6.32. The lowest BCUT2D eigenvalue weighted by atomic mass is 9.94. The maximum atomic E-state index is 14.0. The van der Waals surface area contributed by atoms with Gasteiger partial charge in [0.15, 0.2) is 0 Å². The molecular formula is C27H45N3O4S. The summed E-state index contributed by atoms with van der Waals surface area (Å²) in [6.07, 6.45) is 4.27. The van der Waals surface area contributed by atoms with Crippen LogP contribution in [0.2, 0.25) is 0 Å². The summed E-state index contributed by atoms with van der Waals surface area (Å²) in [5.41, 5.74) is 2.17.